The molecule has 0 saturated heterocycles. The van der Waals surface area contributed by atoms with E-state index < -0.39 is 0 Å². The molecule has 1 aliphatic heterocycles. The minimum atomic E-state index is -0.310. The first-order valence-electron chi connectivity index (χ1n) is 6.81. The van der Waals surface area contributed by atoms with Crippen LogP contribution in [0.3, 0.4) is 0 Å². The number of rotatable bonds is 2. The third kappa shape index (κ3) is 2.09. The summed E-state index contributed by atoms with van der Waals surface area (Å²) in [6.07, 6.45) is 0. The monoisotopic (exact) mass is 269 g/mol. The van der Waals surface area contributed by atoms with Gasteiger partial charge in [-0.25, -0.2) is 0 Å². The van der Waals surface area contributed by atoms with Gasteiger partial charge in [-0.3, -0.25) is 0 Å². The molecule has 2 N–H and O–H groups in total. The van der Waals surface area contributed by atoms with Gasteiger partial charge in [0, 0.05) is 11.3 Å². The Morgan fingerprint density at radius 2 is 1.90 bits per heavy atom. The highest BCUT2D eigenvalue weighted by atomic mass is 16.5. The van der Waals surface area contributed by atoms with Crippen LogP contribution in [-0.4, -0.2) is 10.7 Å². The van der Waals surface area contributed by atoms with Crippen molar-refractivity contribution in [3.63, 3.8) is 0 Å². The maximum absolute atomic E-state index is 9.61. The van der Waals surface area contributed by atoms with Crippen molar-refractivity contribution in [2.45, 2.75) is 32.4 Å². The number of phenolic OH excluding ortho intramolecular Hbond substituents is 1. The number of ether oxygens (including phenoxy) is 1. The molecule has 20 heavy (non-hydrogen) atoms. The Kier molecular flexibility index (Phi) is 2.85. The van der Waals surface area contributed by atoms with Crippen LogP contribution in [0.25, 0.3) is 0 Å². The summed E-state index contributed by atoms with van der Waals surface area (Å²) in [5.41, 5.74) is 2.71. The number of nitrogens with one attached hydrogen (secondary N) is 1. The van der Waals surface area contributed by atoms with Crippen LogP contribution in [0, 0.1) is 6.92 Å². The molecule has 1 aliphatic rings. The number of anilines is 1. The van der Waals surface area contributed by atoms with Crippen molar-refractivity contribution in [3.8, 4) is 11.5 Å². The van der Waals surface area contributed by atoms with Crippen molar-refractivity contribution < 1.29 is 9.84 Å². The number of aromatic hydroxyl groups is 1. The molecule has 3 rings (SSSR count). The fourth-order valence-electron chi connectivity index (χ4n) is 2.69. The van der Waals surface area contributed by atoms with E-state index in [1.54, 1.807) is 6.07 Å². The van der Waals surface area contributed by atoms with Crippen molar-refractivity contribution in [3.05, 3.63) is 53.6 Å². The van der Waals surface area contributed by atoms with Crippen molar-refractivity contribution in [1.82, 2.24) is 0 Å². The lowest BCUT2D eigenvalue weighted by Crippen LogP contribution is -2.34. The molecule has 0 fully saturated rings. The summed E-state index contributed by atoms with van der Waals surface area (Å²) < 4.78 is 6.02. The van der Waals surface area contributed by atoms with Crippen LogP contribution in [0.15, 0.2) is 42.5 Å². The quantitative estimate of drug-likeness (QED) is 0.809. The molecule has 0 aliphatic carbocycles. The number of hydrogen-bond acceptors (Lipinski definition) is 3. The van der Waals surface area contributed by atoms with Crippen LogP contribution in [0.1, 0.15) is 31.0 Å². The van der Waals surface area contributed by atoms with Crippen molar-refractivity contribution in [1.29, 1.82) is 0 Å². The van der Waals surface area contributed by atoms with Gasteiger partial charge in [0.2, 0.25) is 0 Å². The van der Waals surface area contributed by atoms with Gasteiger partial charge >= 0.3 is 0 Å². The van der Waals surface area contributed by atoms with Crippen molar-refractivity contribution in [2.75, 3.05) is 5.32 Å². The number of para-hydroxylation sites is 1. The zero-order chi connectivity index (χ0) is 14.3. The number of fused-ring (bicyclic) bond motifs is 1. The first kappa shape index (κ1) is 12.9. The zero-order valence-electron chi connectivity index (χ0n) is 12.0. The largest absolute Gasteiger partial charge is 0.508 e. The van der Waals surface area contributed by atoms with Crippen LogP contribution < -0.4 is 10.1 Å². The van der Waals surface area contributed by atoms with E-state index >= 15 is 0 Å². The van der Waals surface area contributed by atoms with E-state index in [0.717, 1.165) is 17.0 Å². The Morgan fingerprint density at radius 3 is 2.65 bits per heavy atom. The van der Waals surface area contributed by atoms with Crippen LogP contribution in [0.2, 0.25) is 0 Å². The SMILES string of the molecule is Cc1cc(NC2c3ccccc3OC2(C)C)ccc1O. The third-order valence-electron chi connectivity index (χ3n) is 3.81. The summed E-state index contributed by atoms with van der Waals surface area (Å²) in [5, 5.41) is 13.1. The number of benzene rings is 2. The molecule has 0 spiro atoms. The van der Waals surface area contributed by atoms with E-state index in [1.165, 1.54) is 5.56 Å². The normalized spacial score (nSPS) is 19.2. The van der Waals surface area contributed by atoms with Crippen LogP contribution in [0.5, 0.6) is 11.5 Å². The Hall–Kier alpha value is -2.16. The lowest BCUT2D eigenvalue weighted by Gasteiger charge is -2.28. The fourth-order valence-corrected chi connectivity index (χ4v) is 2.69. The van der Waals surface area contributed by atoms with E-state index in [1.807, 2.05) is 37.3 Å². The molecule has 3 nitrogen and oxygen atoms in total. The summed E-state index contributed by atoms with van der Waals surface area (Å²) in [6, 6.07) is 13.7. The predicted molar refractivity (Wildman–Crippen MR) is 80.4 cm³/mol. The van der Waals surface area contributed by atoms with E-state index in [9.17, 15) is 5.11 Å². The molecule has 1 unspecified atom stereocenters. The average Bonchev–Trinajstić information content (AvgIpc) is 2.65. The molecule has 3 heteroatoms. The van der Waals surface area contributed by atoms with Crippen molar-refractivity contribution in [2.24, 2.45) is 0 Å². The molecule has 0 amide bonds. The highest BCUT2D eigenvalue weighted by Crippen LogP contribution is 2.44. The third-order valence-corrected chi connectivity index (χ3v) is 3.81. The highest BCUT2D eigenvalue weighted by Gasteiger charge is 2.40. The highest BCUT2D eigenvalue weighted by molar-refractivity contribution is 5.55. The van der Waals surface area contributed by atoms with Gasteiger partial charge in [0.25, 0.3) is 0 Å². The minimum absolute atomic E-state index is 0.0858. The molecule has 2 aromatic rings. The number of phenols is 1. The number of aryl methyl sites for hydroxylation is 1. The molecule has 0 bridgehead atoms. The Bertz CT molecular complexity index is 649. The lowest BCUT2D eigenvalue weighted by atomic mass is 9.94. The van der Waals surface area contributed by atoms with Crippen LogP contribution in [0.4, 0.5) is 5.69 Å². The van der Waals surface area contributed by atoms with Crippen LogP contribution in [-0.2, 0) is 0 Å². The molecule has 2 aromatic carbocycles. The Balaban J connectivity index is 1.94. The maximum atomic E-state index is 9.61. The molecule has 1 atom stereocenters. The summed E-state index contributed by atoms with van der Waals surface area (Å²) in [5.74, 6) is 1.25. The van der Waals surface area contributed by atoms with Crippen molar-refractivity contribution >= 4 is 5.69 Å². The summed E-state index contributed by atoms with van der Waals surface area (Å²) in [6.45, 7) is 6.06. The first-order valence-corrected chi connectivity index (χ1v) is 6.81. The molecule has 104 valence electrons. The van der Waals surface area contributed by atoms with Gasteiger partial charge in [-0.1, -0.05) is 18.2 Å². The van der Waals surface area contributed by atoms with E-state index in [2.05, 4.69) is 25.2 Å². The van der Waals surface area contributed by atoms with E-state index in [4.69, 9.17) is 4.74 Å². The molecular formula is C17H19NO2. The second-order valence-corrected chi connectivity index (χ2v) is 5.82. The molecule has 0 saturated carbocycles. The minimum Gasteiger partial charge on any atom is -0.508 e. The summed E-state index contributed by atoms with van der Waals surface area (Å²) in [4.78, 5) is 0. The van der Waals surface area contributed by atoms with E-state index in [-0.39, 0.29) is 11.6 Å². The molecule has 1 heterocycles. The predicted octanol–water partition coefficient (Wildman–Crippen LogP) is 4.02. The molecule has 0 radical (unpaired) electrons. The first-order chi connectivity index (χ1) is 9.47. The average molecular weight is 269 g/mol. The molecule has 0 aromatic heterocycles. The smallest absolute Gasteiger partial charge is 0.128 e. The summed E-state index contributed by atoms with van der Waals surface area (Å²) >= 11 is 0. The van der Waals surface area contributed by atoms with Gasteiger partial charge in [0.05, 0.1) is 6.04 Å². The van der Waals surface area contributed by atoms with Gasteiger partial charge in [0.15, 0.2) is 0 Å². The van der Waals surface area contributed by atoms with Gasteiger partial charge in [-0.15, -0.1) is 0 Å². The lowest BCUT2D eigenvalue weighted by molar-refractivity contribution is 0.118. The second-order valence-electron chi connectivity index (χ2n) is 5.82. The summed E-state index contributed by atoms with van der Waals surface area (Å²) in [7, 11) is 0. The zero-order valence-corrected chi connectivity index (χ0v) is 12.0. The topological polar surface area (TPSA) is 41.5 Å². The second kappa shape index (κ2) is 4.44. The Morgan fingerprint density at radius 1 is 1.15 bits per heavy atom. The van der Waals surface area contributed by atoms with E-state index in [0.29, 0.717) is 5.75 Å². The van der Waals surface area contributed by atoms with Gasteiger partial charge in [0.1, 0.15) is 17.1 Å². The fraction of sp³-hybridized carbons (Fsp3) is 0.294. The molecular weight excluding hydrogens is 250 g/mol. The number of hydrogen-bond donors (Lipinski definition) is 2. The Labute approximate surface area is 119 Å². The van der Waals surface area contributed by atoms with Gasteiger partial charge in [-0.2, -0.15) is 0 Å². The standard InChI is InChI=1S/C17H19NO2/c1-11-10-12(8-9-14(11)19)18-16-13-6-4-5-7-15(13)20-17(16,2)3/h4-10,16,18-19H,1-3H3. The maximum Gasteiger partial charge on any atom is 0.128 e. The van der Waals surface area contributed by atoms with Crippen LogP contribution >= 0.6 is 0 Å². The van der Waals surface area contributed by atoms with Gasteiger partial charge in [-0.05, 0) is 50.6 Å². The van der Waals surface area contributed by atoms with Gasteiger partial charge < -0.3 is 15.2 Å².